The Morgan fingerprint density at radius 3 is 1.61 bits per heavy atom. The zero-order valence-electron chi connectivity index (χ0n) is 10.6. The topological polar surface area (TPSA) is 9.23 Å². The van der Waals surface area contributed by atoms with Gasteiger partial charge in [-0.3, -0.25) is 0 Å². The van der Waals surface area contributed by atoms with Gasteiger partial charge in [-0.1, -0.05) is 60.7 Å². The molecule has 0 aromatic heterocycles. The maximum Gasteiger partial charge on any atom is 0.147 e. The maximum atomic E-state index is 6.47. The fraction of sp³-hybridized carbons (Fsp3) is 0.200. The number of benzene rings is 2. The number of hydrogen-bond donors (Lipinski definition) is 0. The Balaban J connectivity index is 2.61. The fourth-order valence-corrected chi connectivity index (χ4v) is 3.71. The monoisotopic (exact) mass is 276 g/mol. The van der Waals surface area contributed by atoms with Crippen molar-refractivity contribution >= 4 is 22.1 Å². The molecule has 0 aliphatic carbocycles. The standard InChI is InChI=1S/C15H17ClOSi/c1-12(16)15(17-18,13-8-4-2-5-9-13)14-10-6-3-7-11-14/h2-12H,1,18H3. The van der Waals surface area contributed by atoms with Crippen LogP contribution >= 0.6 is 11.6 Å². The first-order valence-corrected chi connectivity index (χ1v) is 7.27. The molecule has 0 saturated carbocycles. The predicted molar refractivity (Wildman–Crippen MR) is 80.0 cm³/mol. The normalized spacial score (nSPS) is 13.4. The Bertz CT molecular complexity index is 445. The van der Waals surface area contributed by atoms with Crippen molar-refractivity contribution < 1.29 is 4.43 Å². The summed E-state index contributed by atoms with van der Waals surface area (Å²) in [6, 6.07) is 20.4. The summed E-state index contributed by atoms with van der Waals surface area (Å²) in [5, 5.41) is -0.139. The van der Waals surface area contributed by atoms with E-state index in [0.717, 1.165) is 11.1 Å². The highest BCUT2D eigenvalue weighted by atomic mass is 35.5. The molecule has 1 atom stereocenters. The first kappa shape index (κ1) is 13.3. The number of rotatable bonds is 4. The Labute approximate surface area is 116 Å². The van der Waals surface area contributed by atoms with Gasteiger partial charge in [-0.2, -0.15) is 0 Å². The van der Waals surface area contributed by atoms with Crippen LogP contribution in [0.15, 0.2) is 60.7 Å². The molecule has 0 spiro atoms. The lowest BCUT2D eigenvalue weighted by Gasteiger charge is -2.36. The summed E-state index contributed by atoms with van der Waals surface area (Å²) in [5.74, 6) is 0. The Morgan fingerprint density at radius 2 is 1.33 bits per heavy atom. The molecule has 0 aliphatic heterocycles. The zero-order chi connectivity index (χ0) is 13.0. The van der Waals surface area contributed by atoms with Crippen molar-refractivity contribution in [3.05, 3.63) is 71.8 Å². The van der Waals surface area contributed by atoms with Crippen LogP contribution in [0.5, 0.6) is 0 Å². The van der Waals surface area contributed by atoms with Crippen molar-refractivity contribution in [2.75, 3.05) is 0 Å². The highest BCUT2D eigenvalue weighted by Gasteiger charge is 2.38. The summed E-state index contributed by atoms with van der Waals surface area (Å²) in [6.07, 6.45) is 0. The summed E-state index contributed by atoms with van der Waals surface area (Å²) in [4.78, 5) is 0. The molecule has 1 unspecified atom stereocenters. The van der Waals surface area contributed by atoms with Crippen LogP contribution in [0, 0.1) is 0 Å². The molecule has 0 amide bonds. The van der Waals surface area contributed by atoms with Gasteiger partial charge in [0.05, 0.1) is 5.38 Å². The van der Waals surface area contributed by atoms with E-state index in [1.54, 1.807) is 0 Å². The van der Waals surface area contributed by atoms with Crippen molar-refractivity contribution in [1.82, 2.24) is 0 Å². The molecule has 3 heteroatoms. The quantitative estimate of drug-likeness (QED) is 0.616. The molecule has 0 aliphatic rings. The van der Waals surface area contributed by atoms with Gasteiger partial charge in [-0.15, -0.1) is 11.6 Å². The van der Waals surface area contributed by atoms with E-state index in [1.807, 2.05) is 43.3 Å². The Hall–Kier alpha value is -1.09. The van der Waals surface area contributed by atoms with E-state index in [-0.39, 0.29) is 5.38 Å². The Morgan fingerprint density at radius 1 is 0.944 bits per heavy atom. The van der Waals surface area contributed by atoms with Gasteiger partial charge in [0.2, 0.25) is 0 Å². The first-order chi connectivity index (χ1) is 8.71. The molecule has 0 N–H and O–H groups in total. The van der Waals surface area contributed by atoms with Gasteiger partial charge >= 0.3 is 0 Å². The molecule has 18 heavy (non-hydrogen) atoms. The molecule has 0 radical (unpaired) electrons. The minimum absolute atomic E-state index is 0.139. The van der Waals surface area contributed by atoms with Crippen LogP contribution in [0.3, 0.4) is 0 Å². The molecule has 94 valence electrons. The van der Waals surface area contributed by atoms with Gasteiger partial charge in [-0.25, -0.2) is 0 Å². The highest BCUT2D eigenvalue weighted by Crippen LogP contribution is 2.38. The third-order valence-corrected chi connectivity index (χ3v) is 4.24. The number of hydrogen-bond acceptors (Lipinski definition) is 1. The van der Waals surface area contributed by atoms with E-state index in [4.69, 9.17) is 16.0 Å². The van der Waals surface area contributed by atoms with Crippen LogP contribution < -0.4 is 0 Å². The van der Waals surface area contributed by atoms with Crippen LogP contribution in [-0.2, 0) is 10.0 Å². The molecule has 1 nitrogen and oxygen atoms in total. The molecular formula is C15H17ClOSi. The molecule has 0 saturated heterocycles. The van der Waals surface area contributed by atoms with Gasteiger partial charge in [0.1, 0.15) is 16.1 Å². The maximum absolute atomic E-state index is 6.47. The lowest BCUT2D eigenvalue weighted by molar-refractivity contribution is 0.124. The first-order valence-electron chi connectivity index (χ1n) is 6.02. The molecule has 2 aromatic rings. The molecule has 0 bridgehead atoms. The van der Waals surface area contributed by atoms with Crippen LogP contribution in [-0.4, -0.2) is 15.9 Å². The van der Waals surface area contributed by atoms with Crippen molar-refractivity contribution in [2.45, 2.75) is 17.9 Å². The summed E-state index contributed by atoms with van der Waals surface area (Å²) < 4.78 is 5.98. The predicted octanol–water partition coefficient (Wildman–Crippen LogP) is 2.85. The van der Waals surface area contributed by atoms with Crippen LogP contribution in [0.25, 0.3) is 0 Å². The van der Waals surface area contributed by atoms with E-state index < -0.39 is 5.60 Å². The lowest BCUT2D eigenvalue weighted by atomic mass is 9.84. The van der Waals surface area contributed by atoms with Crippen LogP contribution in [0.4, 0.5) is 0 Å². The van der Waals surface area contributed by atoms with Crippen molar-refractivity contribution in [3.8, 4) is 0 Å². The van der Waals surface area contributed by atoms with Gasteiger partial charge in [0, 0.05) is 0 Å². The largest absolute Gasteiger partial charge is 0.413 e. The fourth-order valence-electron chi connectivity index (χ4n) is 2.40. The molecule has 2 aromatic carbocycles. The average molecular weight is 277 g/mol. The smallest absolute Gasteiger partial charge is 0.147 e. The van der Waals surface area contributed by atoms with Gasteiger partial charge in [-0.05, 0) is 18.1 Å². The second-order valence-corrected chi connectivity index (χ2v) is 5.35. The third-order valence-electron chi connectivity index (χ3n) is 3.29. The highest BCUT2D eigenvalue weighted by molar-refractivity contribution is 6.21. The second-order valence-electron chi connectivity index (χ2n) is 4.29. The minimum Gasteiger partial charge on any atom is -0.413 e. The van der Waals surface area contributed by atoms with Crippen LogP contribution in [0.1, 0.15) is 18.1 Å². The van der Waals surface area contributed by atoms with Crippen molar-refractivity contribution in [3.63, 3.8) is 0 Å². The lowest BCUT2D eigenvalue weighted by Crippen LogP contribution is -2.38. The van der Waals surface area contributed by atoms with Gasteiger partial charge < -0.3 is 4.43 Å². The summed E-state index contributed by atoms with van der Waals surface area (Å²) >= 11 is 6.47. The van der Waals surface area contributed by atoms with Crippen molar-refractivity contribution in [2.24, 2.45) is 0 Å². The minimum atomic E-state index is -0.545. The SMILES string of the molecule is CC(Cl)C(O[SiH3])(c1ccccc1)c1ccccc1. The average Bonchev–Trinajstić information content (AvgIpc) is 2.42. The van der Waals surface area contributed by atoms with Crippen molar-refractivity contribution in [1.29, 1.82) is 0 Å². The van der Waals surface area contributed by atoms with E-state index in [9.17, 15) is 0 Å². The Kier molecular flexibility index (Phi) is 4.22. The third kappa shape index (κ3) is 2.24. The molecule has 0 fully saturated rings. The summed E-state index contributed by atoms with van der Waals surface area (Å²) in [5.41, 5.74) is 1.67. The molecular weight excluding hydrogens is 260 g/mol. The second kappa shape index (κ2) is 5.70. The van der Waals surface area contributed by atoms with Gasteiger partial charge in [0.15, 0.2) is 0 Å². The van der Waals surface area contributed by atoms with E-state index in [2.05, 4.69) is 24.3 Å². The van der Waals surface area contributed by atoms with E-state index in [1.165, 1.54) is 0 Å². The summed E-state index contributed by atoms with van der Waals surface area (Å²) in [6.45, 7) is 1.99. The zero-order valence-corrected chi connectivity index (χ0v) is 13.4. The van der Waals surface area contributed by atoms with E-state index in [0.29, 0.717) is 10.5 Å². The number of alkyl halides is 1. The molecule has 2 rings (SSSR count). The molecule has 0 heterocycles. The van der Waals surface area contributed by atoms with Crippen LogP contribution in [0.2, 0.25) is 0 Å². The summed E-state index contributed by atoms with van der Waals surface area (Å²) in [7, 11) is 0.629. The van der Waals surface area contributed by atoms with E-state index >= 15 is 0 Å². The number of halogens is 1. The van der Waals surface area contributed by atoms with Gasteiger partial charge in [0.25, 0.3) is 0 Å².